The van der Waals surface area contributed by atoms with Gasteiger partial charge in [-0.15, -0.1) is 0 Å². The first-order valence-electron chi connectivity index (χ1n) is 9.62. The van der Waals surface area contributed by atoms with E-state index >= 15 is 0 Å². The number of anilines is 2. The molecule has 2 aliphatic heterocycles. The minimum atomic E-state index is 0.285. The first-order valence-corrected chi connectivity index (χ1v) is 9.62. The monoisotopic (exact) mass is 365 g/mol. The molecule has 1 aromatic carbocycles. The molecular weight excluding hydrogens is 342 g/mol. The van der Waals surface area contributed by atoms with E-state index in [2.05, 4.69) is 25.8 Å². The van der Waals surface area contributed by atoms with E-state index in [0.717, 1.165) is 80.9 Å². The zero-order valence-electron chi connectivity index (χ0n) is 15.3. The number of oxazole rings is 1. The van der Waals surface area contributed by atoms with Crippen molar-refractivity contribution in [3.63, 3.8) is 0 Å². The molecule has 0 amide bonds. The van der Waals surface area contributed by atoms with E-state index in [1.54, 1.807) is 6.33 Å². The number of benzene rings is 1. The zero-order valence-corrected chi connectivity index (χ0v) is 15.3. The first-order chi connectivity index (χ1) is 13.4. The second kappa shape index (κ2) is 7.15. The molecule has 1 unspecified atom stereocenters. The number of piperidine rings is 1. The summed E-state index contributed by atoms with van der Waals surface area (Å²) < 4.78 is 11.5. The van der Waals surface area contributed by atoms with Gasteiger partial charge in [-0.05, 0) is 25.0 Å². The van der Waals surface area contributed by atoms with Gasteiger partial charge in [0.15, 0.2) is 11.5 Å². The van der Waals surface area contributed by atoms with Crippen molar-refractivity contribution in [2.24, 2.45) is 0 Å². The highest BCUT2D eigenvalue weighted by Gasteiger charge is 2.27. The number of rotatable bonds is 3. The predicted molar refractivity (Wildman–Crippen MR) is 103 cm³/mol. The highest BCUT2D eigenvalue weighted by Crippen LogP contribution is 2.31. The second-order valence-electron chi connectivity index (χ2n) is 7.14. The third kappa shape index (κ3) is 3.35. The second-order valence-corrected chi connectivity index (χ2v) is 7.14. The molecule has 140 valence electrons. The maximum atomic E-state index is 6.02. The SMILES string of the molecule is c1ccc2oc(C3CCCN(c4cc(N5CCOCC5)ncn4)C3)nc2c1. The molecule has 0 radical (unpaired) electrons. The summed E-state index contributed by atoms with van der Waals surface area (Å²) in [7, 11) is 0. The van der Waals surface area contributed by atoms with Crippen LogP contribution >= 0.6 is 0 Å². The summed E-state index contributed by atoms with van der Waals surface area (Å²) in [6, 6.07) is 10.1. The van der Waals surface area contributed by atoms with E-state index in [-0.39, 0.29) is 5.92 Å². The van der Waals surface area contributed by atoms with Gasteiger partial charge in [-0.1, -0.05) is 12.1 Å². The van der Waals surface area contributed by atoms with Gasteiger partial charge in [0.05, 0.1) is 19.1 Å². The third-order valence-corrected chi connectivity index (χ3v) is 5.38. The van der Waals surface area contributed by atoms with Crippen LogP contribution in [0.2, 0.25) is 0 Å². The smallest absolute Gasteiger partial charge is 0.200 e. The van der Waals surface area contributed by atoms with E-state index in [1.165, 1.54) is 0 Å². The molecule has 7 nitrogen and oxygen atoms in total. The van der Waals surface area contributed by atoms with Gasteiger partial charge in [0.1, 0.15) is 23.5 Å². The molecule has 7 heteroatoms. The summed E-state index contributed by atoms with van der Waals surface area (Å²) in [6.07, 6.45) is 3.86. The molecule has 2 fully saturated rings. The lowest BCUT2D eigenvalue weighted by Gasteiger charge is -2.33. The fraction of sp³-hybridized carbons (Fsp3) is 0.450. The van der Waals surface area contributed by atoms with Gasteiger partial charge in [-0.25, -0.2) is 15.0 Å². The van der Waals surface area contributed by atoms with E-state index in [0.29, 0.717) is 0 Å². The van der Waals surface area contributed by atoms with E-state index in [9.17, 15) is 0 Å². The molecular formula is C20H23N5O2. The minimum absolute atomic E-state index is 0.285. The molecule has 2 aliphatic rings. The Labute approximate surface area is 158 Å². The molecule has 4 heterocycles. The number of nitrogens with zero attached hydrogens (tertiary/aromatic N) is 5. The molecule has 1 atom stereocenters. The fourth-order valence-electron chi connectivity index (χ4n) is 3.93. The number of hydrogen-bond acceptors (Lipinski definition) is 7. The highest BCUT2D eigenvalue weighted by molar-refractivity contribution is 5.72. The van der Waals surface area contributed by atoms with Gasteiger partial charge in [-0.2, -0.15) is 0 Å². The number of aromatic nitrogens is 3. The van der Waals surface area contributed by atoms with E-state index in [4.69, 9.17) is 14.1 Å². The van der Waals surface area contributed by atoms with Crippen molar-refractivity contribution in [3.05, 3.63) is 42.5 Å². The van der Waals surface area contributed by atoms with Crippen LogP contribution in [0.1, 0.15) is 24.7 Å². The Kier molecular flexibility index (Phi) is 4.37. The molecule has 0 spiro atoms. The summed E-state index contributed by atoms with van der Waals surface area (Å²) in [6.45, 7) is 5.12. The molecule has 3 aromatic rings. The molecule has 0 aliphatic carbocycles. The quantitative estimate of drug-likeness (QED) is 0.707. The van der Waals surface area contributed by atoms with Gasteiger partial charge in [0.2, 0.25) is 0 Å². The van der Waals surface area contributed by atoms with E-state index < -0.39 is 0 Å². The molecule has 27 heavy (non-hydrogen) atoms. The van der Waals surface area contributed by atoms with Crippen LogP contribution in [-0.2, 0) is 4.74 Å². The van der Waals surface area contributed by atoms with Crippen LogP contribution in [0.15, 0.2) is 41.1 Å². The van der Waals surface area contributed by atoms with Gasteiger partial charge < -0.3 is 19.0 Å². The topological polar surface area (TPSA) is 67.5 Å². The molecule has 0 saturated carbocycles. The lowest BCUT2D eigenvalue weighted by Crippen LogP contribution is -2.38. The number of fused-ring (bicyclic) bond motifs is 1. The normalized spacial score (nSPS) is 21.0. The maximum Gasteiger partial charge on any atom is 0.200 e. The predicted octanol–water partition coefficient (Wildman–Crippen LogP) is 2.84. The number of ether oxygens (including phenoxy) is 1. The van der Waals surface area contributed by atoms with Crippen LogP contribution in [0.3, 0.4) is 0 Å². The van der Waals surface area contributed by atoms with Crippen LogP contribution in [0, 0.1) is 0 Å². The zero-order chi connectivity index (χ0) is 18.1. The average molecular weight is 365 g/mol. The molecule has 5 rings (SSSR count). The highest BCUT2D eigenvalue weighted by atomic mass is 16.5. The Bertz CT molecular complexity index is 888. The van der Waals surface area contributed by atoms with Crippen LogP contribution < -0.4 is 9.80 Å². The van der Waals surface area contributed by atoms with Gasteiger partial charge in [0, 0.05) is 32.2 Å². The van der Waals surface area contributed by atoms with Crippen molar-refractivity contribution in [2.75, 3.05) is 49.2 Å². The Morgan fingerprint density at radius 2 is 1.78 bits per heavy atom. The van der Waals surface area contributed by atoms with Crippen molar-refractivity contribution in [1.82, 2.24) is 15.0 Å². The number of hydrogen-bond donors (Lipinski definition) is 0. The molecule has 0 N–H and O–H groups in total. The van der Waals surface area contributed by atoms with Crippen molar-refractivity contribution >= 4 is 22.7 Å². The summed E-state index contributed by atoms with van der Waals surface area (Å²) in [5.41, 5.74) is 1.79. The lowest BCUT2D eigenvalue weighted by molar-refractivity contribution is 0.122. The minimum Gasteiger partial charge on any atom is -0.440 e. The van der Waals surface area contributed by atoms with Gasteiger partial charge in [-0.3, -0.25) is 0 Å². The van der Waals surface area contributed by atoms with Crippen molar-refractivity contribution in [3.8, 4) is 0 Å². The maximum absolute atomic E-state index is 6.02. The Hall–Kier alpha value is -2.67. The van der Waals surface area contributed by atoms with Crippen LogP contribution in [0.5, 0.6) is 0 Å². The Balaban J connectivity index is 1.36. The van der Waals surface area contributed by atoms with Crippen molar-refractivity contribution in [2.45, 2.75) is 18.8 Å². The van der Waals surface area contributed by atoms with E-state index in [1.807, 2.05) is 24.3 Å². The Morgan fingerprint density at radius 1 is 0.963 bits per heavy atom. The van der Waals surface area contributed by atoms with Gasteiger partial charge in [0.25, 0.3) is 0 Å². The fourth-order valence-corrected chi connectivity index (χ4v) is 3.93. The number of para-hydroxylation sites is 2. The van der Waals surface area contributed by atoms with Crippen molar-refractivity contribution in [1.29, 1.82) is 0 Å². The molecule has 0 bridgehead atoms. The van der Waals surface area contributed by atoms with Crippen molar-refractivity contribution < 1.29 is 9.15 Å². The summed E-state index contributed by atoms with van der Waals surface area (Å²) in [4.78, 5) is 18.3. The van der Waals surface area contributed by atoms with Gasteiger partial charge >= 0.3 is 0 Å². The van der Waals surface area contributed by atoms with Crippen LogP contribution in [-0.4, -0.2) is 54.3 Å². The summed E-state index contributed by atoms with van der Waals surface area (Å²) >= 11 is 0. The molecule has 2 aromatic heterocycles. The summed E-state index contributed by atoms with van der Waals surface area (Å²) in [5.74, 6) is 3.08. The third-order valence-electron chi connectivity index (χ3n) is 5.38. The number of morpholine rings is 1. The Morgan fingerprint density at radius 3 is 2.63 bits per heavy atom. The van der Waals surface area contributed by atoms with Crippen LogP contribution in [0.25, 0.3) is 11.1 Å². The standard InChI is InChI=1S/C20H23N5O2/c1-2-6-17-16(5-1)23-20(27-17)15-4-3-7-25(13-15)19-12-18(21-14-22-19)24-8-10-26-11-9-24/h1-2,5-6,12,14-15H,3-4,7-11,13H2. The average Bonchev–Trinajstić information content (AvgIpc) is 3.19. The summed E-state index contributed by atoms with van der Waals surface area (Å²) in [5, 5.41) is 0. The first kappa shape index (κ1) is 16.5. The van der Waals surface area contributed by atoms with Crippen LogP contribution in [0.4, 0.5) is 11.6 Å². The largest absolute Gasteiger partial charge is 0.440 e. The lowest BCUT2D eigenvalue weighted by atomic mass is 9.98. The molecule has 2 saturated heterocycles.